The molecule has 2 N–H and O–H groups in total. The molecule has 2 aromatic rings. The highest BCUT2D eigenvalue weighted by Gasteiger charge is 2.18. The number of rotatable bonds is 3. The Morgan fingerprint density at radius 1 is 1.10 bits per heavy atom. The summed E-state index contributed by atoms with van der Waals surface area (Å²) in [6.45, 7) is 1.92. The van der Waals surface area contributed by atoms with E-state index in [2.05, 4.69) is 31.9 Å². The molecule has 0 aliphatic carbocycles. The SMILES string of the molecule is Cc1c(Br)cccc1C(N)Cc1c(F)ccc(Br)c1F. The predicted octanol–water partition coefficient (Wildman–Crippen LogP) is 5.04. The Labute approximate surface area is 133 Å². The van der Waals surface area contributed by atoms with Gasteiger partial charge in [0.1, 0.15) is 11.6 Å². The Bertz CT molecular complexity index is 644. The summed E-state index contributed by atoms with van der Waals surface area (Å²) < 4.78 is 28.9. The number of halogens is 4. The average molecular weight is 405 g/mol. The lowest BCUT2D eigenvalue weighted by Gasteiger charge is -2.17. The van der Waals surface area contributed by atoms with E-state index in [1.807, 2.05) is 25.1 Å². The molecule has 20 heavy (non-hydrogen) atoms. The number of benzene rings is 2. The zero-order chi connectivity index (χ0) is 14.9. The zero-order valence-electron chi connectivity index (χ0n) is 10.8. The van der Waals surface area contributed by atoms with Crippen LogP contribution in [-0.2, 0) is 6.42 Å². The third-order valence-electron chi connectivity index (χ3n) is 3.27. The third-order valence-corrected chi connectivity index (χ3v) is 4.74. The molecule has 0 heterocycles. The zero-order valence-corrected chi connectivity index (χ0v) is 13.9. The van der Waals surface area contributed by atoms with E-state index < -0.39 is 17.7 Å². The molecule has 1 nitrogen and oxygen atoms in total. The number of nitrogens with two attached hydrogens (primary N) is 1. The number of hydrogen-bond acceptors (Lipinski definition) is 1. The minimum atomic E-state index is -0.590. The van der Waals surface area contributed by atoms with E-state index in [0.717, 1.165) is 15.6 Å². The third kappa shape index (κ3) is 3.10. The molecule has 0 aromatic heterocycles. The van der Waals surface area contributed by atoms with Crippen molar-refractivity contribution in [3.63, 3.8) is 0 Å². The largest absolute Gasteiger partial charge is 0.324 e. The molecule has 0 saturated carbocycles. The molecule has 0 aliphatic rings. The molecule has 106 valence electrons. The highest BCUT2D eigenvalue weighted by Crippen LogP contribution is 2.29. The van der Waals surface area contributed by atoms with Crippen molar-refractivity contribution in [3.05, 3.63) is 67.6 Å². The van der Waals surface area contributed by atoms with Crippen LogP contribution >= 0.6 is 31.9 Å². The summed E-state index contributed by atoms with van der Waals surface area (Å²) in [5, 5.41) is 0. The van der Waals surface area contributed by atoms with Crippen LogP contribution in [0.3, 0.4) is 0 Å². The summed E-state index contributed by atoms with van der Waals surface area (Å²) >= 11 is 6.49. The van der Waals surface area contributed by atoms with Gasteiger partial charge in [-0.25, -0.2) is 8.78 Å². The molecule has 2 rings (SSSR count). The van der Waals surface area contributed by atoms with E-state index in [-0.39, 0.29) is 16.5 Å². The van der Waals surface area contributed by atoms with Crippen molar-refractivity contribution in [1.29, 1.82) is 0 Å². The molecular formula is C15H13Br2F2N. The molecule has 0 fully saturated rings. The predicted molar refractivity (Wildman–Crippen MR) is 83.6 cm³/mol. The second-order valence-electron chi connectivity index (χ2n) is 4.59. The van der Waals surface area contributed by atoms with Crippen molar-refractivity contribution < 1.29 is 8.78 Å². The van der Waals surface area contributed by atoms with E-state index in [9.17, 15) is 8.78 Å². The van der Waals surface area contributed by atoms with Crippen LogP contribution < -0.4 is 5.73 Å². The molecule has 0 spiro atoms. The van der Waals surface area contributed by atoms with E-state index in [1.165, 1.54) is 12.1 Å². The summed E-state index contributed by atoms with van der Waals surface area (Å²) in [5.41, 5.74) is 7.98. The minimum Gasteiger partial charge on any atom is -0.324 e. The molecule has 0 bridgehead atoms. The minimum absolute atomic E-state index is 0.00579. The van der Waals surface area contributed by atoms with Gasteiger partial charge in [0.15, 0.2) is 0 Å². The standard InChI is InChI=1S/C15H13Br2F2N/c1-8-9(3-2-4-11(8)16)14(20)7-10-13(18)6-5-12(17)15(10)19/h2-6,14H,7,20H2,1H3. The Morgan fingerprint density at radius 3 is 2.50 bits per heavy atom. The molecule has 0 aliphatic heterocycles. The molecule has 2 aromatic carbocycles. The van der Waals surface area contributed by atoms with Gasteiger partial charge in [0.25, 0.3) is 0 Å². The molecule has 0 saturated heterocycles. The molecule has 0 amide bonds. The van der Waals surface area contributed by atoms with E-state index in [4.69, 9.17) is 5.73 Å². The lowest BCUT2D eigenvalue weighted by atomic mass is 9.95. The van der Waals surface area contributed by atoms with E-state index >= 15 is 0 Å². The van der Waals surface area contributed by atoms with Crippen LogP contribution in [0.2, 0.25) is 0 Å². The maximum atomic E-state index is 14.0. The van der Waals surface area contributed by atoms with Crippen LogP contribution in [0.1, 0.15) is 22.7 Å². The van der Waals surface area contributed by atoms with Gasteiger partial charge in [-0.15, -0.1) is 0 Å². The molecule has 1 unspecified atom stereocenters. The number of hydrogen-bond donors (Lipinski definition) is 1. The lowest BCUT2D eigenvalue weighted by molar-refractivity contribution is 0.535. The molecule has 0 radical (unpaired) electrons. The quantitative estimate of drug-likeness (QED) is 0.712. The molecule has 5 heteroatoms. The van der Waals surface area contributed by atoms with Crippen LogP contribution in [0.15, 0.2) is 39.3 Å². The van der Waals surface area contributed by atoms with Gasteiger partial charge in [-0.05, 0) is 58.6 Å². The highest BCUT2D eigenvalue weighted by molar-refractivity contribution is 9.10. The van der Waals surface area contributed by atoms with Gasteiger partial charge in [-0.3, -0.25) is 0 Å². The first-order valence-corrected chi connectivity index (χ1v) is 7.63. The van der Waals surface area contributed by atoms with Crippen LogP contribution in [-0.4, -0.2) is 0 Å². The van der Waals surface area contributed by atoms with Gasteiger partial charge in [0.05, 0.1) is 4.47 Å². The Hall–Kier alpha value is -0.780. The smallest absolute Gasteiger partial charge is 0.143 e. The Balaban J connectivity index is 2.35. The van der Waals surface area contributed by atoms with Gasteiger partial charge in [-0.2, -0.15) is 0 Å². The van der Waals surface area contributed by atoms with Crippen molar-refractivity contribution in [2.45, 2.75) is 19.4 Å². The van der Waals surface area contributed by atoms with Crippen LogP contribution in [0.5, 0.6) is 0 Å². The summed E-state index contributed by atoms with van der Waals surface area (Å²) in [6, 6.07) is 7.77. The summed E-state index contributed by atoms with van der Waals surface area (Å²) in [6.07, 6.45) is 0.106. The first-order chi connectivity index (χ1) is 9.41. The van der Waals surface area contributed by atoms with Crippen LogP contribution in [0.25, 0.3) is 0 Å². The van der Waals surface area contributed by atoms with Gasteiger partial charge in [-0.1, -0.05) is 28.1 Å². The highest BCUT2D eigenvalue weighted by atomic mass is 79.9. The fourth-order valence-electron chi connectivity index (χ4n) is 2.11. The summed E-state index contributed by atoms with van der Waals surface area (Å²) in [7, 11) is 0. The summed E-state index contributed by atoms with van der Waals surface area (Å²) in [4.78, 5) is 0. The van der Waals surface area contributed by atoms with Crippen LogP contribution in [0.4, 0.5) is 8.78 Å². The van der Waals surface area contributed by atoms with E-state index in [1.54, 1.807) is 0 Å². The van der Waals surface area contributed by atoms with Crippen molar-refractivity contribution >= 4 is 31.9 Å². The molecule has 1 atom stereocenters. The average Bonchev–Trinajstić information content (AvgIpc) is 2.42. The van der Waals surface area contributed by atoms with Crippen molar-refractivity contribution in [2.24, 2.45) is 5.73 Å². The first-order valence-electron chi connectivity index (χ1n) is 6.04. The summed E-state index contributed by atoms with van der Waals surface area (Å²) in [5.74, 6) is -1.16. The molecular weight excluding hydrogens is 392 g/mol. The van der Waals surface area contributed by atoms with Crippen molar-refractivity contribution in [2.75, 3.05) is 0 Å². The van der Waals surface area contributed by atoms with E-state index in [0.29, 0.717) is 0 Å². The Morgan fingerprint density at radius 2 is 1.80 bits per heavy atom. The first kappa shape index (κ1) is 15.6. The van der Waals surface area contributed by atoms with Crippen molar-refractivity contribution in [3.8, 4) is 0 Å². The monoisotopic (exact) mass is 403 g/mol. The fraction of sp³-hybridized carbons (Fsp3) is 0.200. The second-order valence-corrected chi connectivity index (χ2v) is 6.30. The van der Waals surface area contributed by atoms with Gasteiger partial charge < -0.3 is 5.73 Å². The van der Waals surface area contributed by atoms with Gasteiger partial charge >= 0.3 is 0 Å². The fourth-order valence-corrected chi connectivity index (χ4v) is 2.86. The van der Waals surface area contributed by atoms with Crippen molar-refractivity contribution in [1.82, 2.24) is 0 Å². The second kappa shape index (κ2) is 6.33. The van der Waals surface area contributed by atoms with Gasteiger partial charge in [0.2, 0.25) is 0 Å². The van der Waals surface area contributed by atoms with Crippen LogP contribution in [0, 0.1) is 18.6 Å². The Kier molecular flexibility index (Phi) is 4.94. The normalized spacial score (nSPS) is 12.5. The lowest BCUT2D eigenvalue weighted by Crippen LogP contribution is -2.16. The maximum Gasteiger partial charge on any atom is 0.143 e. The topological polar surface area (TPSA) is 26.0 Å². The van der Waals surface area contributed by atoms with Gasteiger partial charge in [0, 0.05) is 16.1 Å². The maximum absolute atomic E-state index is 14.0.